The SMILES string of the molecule is Cc1ccc(S(=O)(=O)N2CCC(C(=O)NCC(C)N3CCN(C)CC3)CC2)cc1. The van der Waals surface area contributed by atoms with Crippen molar-refractivity contribution in [1.29, 1.82) is 0 Å². The van der Waals surface area contributed by atoms with Crippen LogP contribution in [0, 0.1) is 12.8 Å². The zero-order valence-electron chi connectivity index (χ0n) is 17.8. The number of sulfonamides is 1. The second-order valence-electron chi connectivity index (χ2n) is 8.42. The molecule has 2 fully saturated rings. The number of carbonyl (C=O) groups is 1. The van der Waals surface area contributed by atoms with Gasteiger partial charge in [0, 0.05) is 57.8 Å². The Bertz CT molecular complexity index is 781. The van der Waals surface area contributed by atoms with Crippen molar-refractivity contribution in [3.8, 4) is 0 Å². The fourth-order valence-corrected chi connectivity index (χ4v) is 5.47. The molecule has 0 spiro atoms. The van der Waals surface area contributed by atoms with Crippen molar-refractivity contribution in [3.63, 3.8) is 0 Å². The summed E-state index contributed by atoms with van der Waals surface area (Å²) in [6.45, 7) is 9.70. The molecule has 8 heteroatoms. The first-order valence-corrected chi connectivity index (χ1v) is 12.0. The van der Waals surface area contributed by atoms with Gasteiger partial charge in [-0.1, -0.05) is 17.7 Å². The Balaban J connectivity index is 1.46. The first-order chi connectivity index (χ1) is 13.8. The van der Waals surface area contributed by atoms with Gasteiger partial charge in [-0.2, -0.15) is 4.31 Å². The molecule has 3 rings (SSSR count). The molecule has 2 saturated heterocycles. The number of benzene rings is 1. The molecule has 1 unspecified atom stereocenters. The fourth-order valence-electron chi connectivity index (χ4n) is 4.00. The first kappa shape index (κ1) is 22.2. The molecule has 0 radical (unpaired) electrons. The molecule has 0 saturated carbocycles. The van der Waals surface area contributed by atoms with Gasteiger partial charge in [0.25, 0.3) is 0 Å². The maximum atomic E-state index is 12.8. The molecule has 162 valence electrons. The maximum Gasteiger partial charge on any atom is 0.243 e. The summed E-state index contributed by atoms with van der Waals surface area (Å²) in [6.07, 6.45) is 1.14. The van der Waals surface area contributed by atoms with Crippen LogP contribution in [0.5, 0.6) is 0 Å². The maximum absolute atomic E-state index is 12.8. The lowest BCUT2D eigenvalue weighted by Crippen LogP contribution is -2.52. The van der Waals surface area contributed by atoms with Gasteiger partial charge in [0.2, 0.25) is 15.9 Å². The highest BCUT2D eigenvalue weighted by atomic mass is 32.2. The minimum Gasteiger partial charge on any atom is -0.354 e. The zero-order valence-corrected chi connectivity index (χ0v) is 18.6. The normalized spacial score (nSPS) is 21.8. The summed E-state index contributed by atoms with van der Waals surface area (Å²) >= 11 is 0. The molecule has 29 heavy (non-hydrogen) atoms. The summed E-state index contributed by atoms with van der Waals surface area (Å²) in [5.74, 6) is -0.0579. The van der Waals surface area contributed by atoms with Crippen LogP contribution in [-0.4, -0.2) is 87.3 Å². The van der Waals surface area contributed by atoms with E-state index in [-0.39, 0.29) is 11.8 Å². The monoisotopic (exact) mass is 422 g/mol. The van der Waals surface area contributed by atoms with Gasteiger partial charge in [-0.05, 0) is 45.9 Å². The predicted molar refractivity (Wildman–Crippen MR) is 114 cm³/mol. The van der Waals surface area contributed by atoms with E-state index in [1.165, 1.54) is 4.31 Å². The highest BCUT2D eigenvalue weighted by Crippen LogP contribution is 2.24. The van der Waals surface area contributed by atoms with Gasteiger partial charge in [0.05, 0.1) is 4.90 Å². The van der Waals surface area contributed by atoms with Gasteiger partial charge >= 0.3 is 0 Å². The van der Waals surface area contributed by atoms with E-state index < -0.39 is 10.0 Å². The molecule has 0 bridgehead atoms. The van der Waals surface area contributed by atoms with E-state index in [4.69, 9.17) is 0 Å². The Labute approximate surface area is 175 Å². The standard InChI is InChI=1S/C21H34N4O3S/c1-17-4-6-20(7-5-17)29(27,28)25-10-8-19(9-11-25)21(26)22-16-18(2)24-14-12-23(3)13-15-24/h4-7,18-19H,8-16H2,1-3H3,(H,22,26). The fraction of sp³-hybridized carbons (Fsp3) is 0.667. The van der Waals surface area contributed by atoms with Gasteiger partial charge in [-0.3, -0.25) is 9.69 Å². The molecule has 0 aliphatic carbocycles. The Morgan fingerprint density at radius 3 is 2.24 bits per heavy atom. The number of piperidine rings is 1. The number of nitrogens with one attached hydrogen (secondary N) is 1. The third kappa shape index (κ3) is 5.57. The Hall–Kier alpha value is -1.48. The Kier molecular flexibility index (Phi) is 7.32. The van der Waals surface area contributed by atoms with Gasteiger partial charge in [0.15, 0.2) is 0 Å². The van der Waals surface area contributed by atoms with Gasteiger partial charge < -0.3 is 10.2 Å². The van der Waals surface area contributed by atoms with Crippen LogP contribution in [-0.2, 0) is 14.8 Å². The van der Waals surface area contributed by atoms with Crippen molar-refractivity contribution in [3.05, 3.63) is 29.8 Å². The van der Waals surface area contributed by atoms with Crippen molar-refractivity contribution in [2.24, 2.45) is 5.92 Å². The Morgan fingerprint density at radius 2 is 1.66 bits per heavy atom. The summed E-state index contributed by atoms with van der Waals surface area (Å²) in [6, 6.07) is 7.25. The lowest BCUT2D eigenvalue weighted by atomic mass is 9.97. The molecule has 2 aliphatic rings. The largest absolute Gasteiger partial charge is 0.354 e. The van der Waals surface area contributed by atoms with Crippen molar-refractivity contribution < 1.29 is 13.2 Å². The van der Waals surface area contributed by atoms with Gasteiger partial charge in [-0.25, -0.2) is 8.42 Å². The summed E-state index contributed by atoms with van der Waals surface area (Å²) in [7, 11) is -1.35. The quantitative estimate of drug-likeness (QED) is 0.745. The van der Waals surface area contributed by atoms with Gasteiger partial charge in [-0.15, -0.1) is 0 Å². The van der Waals surface area contributed by atoms with Crippen molar-refractivity contribution >= 4 is 15.9 Å². The summed E-state index contributed by atoms with van der Waals surface area (Å²) in [5.41, 5.74) is 1.03. The third-order valence-corrected chi connectivity index (χ3v) is 8.13. The molecule has 2 aliphatic heterocycles. The minimum absolute atomic E-state index is 0.0540. The second kappa shape index (κ2) is 9.55. The van der Waals surface area contributed by atoms with Crippen LogP contribution < -0.4 is 5.32 Å². The summed E-state index contributed by atoms with van der Waals surface area (Å²) < 4.78 is 27.1. The van der Waals surface area contributed by atoms with Crippen LogP contribution in [0.4, 0.5) is 0 Å². The zero-order chi connectivity index (χ0) is 21.0. The number of rotatable bonds is 6. The summed E-state index contributed by atoms with van der Waals surface area (Å²) in [5, 5.41) is 3.09. The number of aryl methyl sites for hydroxylation is 1. The van der Waals surface area contributed by atoms with E-state index in [9.17, 15) is 13.2 Å². The molecule has 1 aromatic rings. The summed E-state index contributed by atoms with van der Waals surface area (Å²) in [4.78, 5) is 17.7. The van der Waals surface area contributed by atoms with E-state index >= 15 is 0 Å². The number of nitrogens with zero attached hydrogens (tertiary/aromatic N) is 3. The van der Waals surface area contributed by atoms with Crippen LogP contribution in [0.1, 0.15) is 25.3 Å². The minimum atomic E-state index is -3.48. The molecule has 1 amide bonds. The molecule has 1 atom stereocenters. The molecule has 1 aromatic carbocycles. The number of hydrogen-bond donors (Lipinski definition) is 1. The van der Waals surface area contributed by atoms with Crippen molar-refractivity contribution in [2.75, 3.05) is 52.9 Å². The number of carbonyl (C=O) groups excluding carboxylic acids is 1. The average molecular weight is 423 g/mol. The van der Waals surface area contributed by atoms with E-state index in [0.29, 0.717) is 43.4 Å². The second-order valence-corrected chi connectivity index (χ2v) is 10.4. The van der Waals surface area contributed by atoms with E-state index in [1.54, 1.807) is 12.1 Å². The number of piperazine rings is 1. The average Bonchev–Trinajstić information content (AvgIpc) is 2.72. The van der Waals surface area contributed by atoms with Crippen LogP contribution in [0.15, 0.2) is 29.2 Å². The van der Waals surface area contributed by atoms with Crippen LogP contribution in [0.3, 0.4) is 0 Å². The lowest BCUT2D eigenvalue weighted by Gasteiger charge is -2.37. The Morgan fingerprint density at radius 1 is 1.07 bits per heavy atom. The first-order valence-electron chi connectivity index (χ1n) is 10.5. The number of amides is 1. The smallest absolute Gasteiger partial charge is 0.243 e. The molecular formula is C21H34N4O3S. The highest BCUT2D eigenvalue weighted by molar-refractivity contribution is 7.89. The van der Waals surface area contributed by atoms with E-state index in [2.05, 4.69) is 29.1 Å². The highest BCUT2D eigenvalue weighted by Gasteiger charge is 2.32. The molecular weight excluding hydrogens is 388 g/mol. The van der Waals surface area contributed by atoms with Crippen LogP contribution in [0.2, 0.25) is 0 Å². The molecule has 0 aromatic heterocycles. The van der Waals surface area contributed by atoms with Crippen LogP contribution >= 0.6 is 0 Å². The predicted octanol–water partition coefficient (Wildman–Crippen LogP) is 1.15. The van der Waals surface area contributed by atoms with Crippen molar-refractivity contribution in [1.82, 2.24) is 19.4 Å². The van der Waals surface area contributed by atoms with Crippen LogP contribution in [0.25, 0.3) is 0 Å². The lowest BCUT2D eigenvalue weighted by molar-refractivity contribution is -0.126. The van der Waals surface area contributed by atoms with E-state index in [0.717, 1.165) is 31.7 Å². The number of likely N-dealkylation sites (N-methyl/N-ethyl adjacent to an activating group) is 1. The number of hydrogen-bond acceptors (Lipinski definition) is 5. The van der Waals surface area contributed by atoms with Gasteiger partial charge in [0.1, 0.15) is 0 Å². The molecule has 1 N–H and O–H groups in total. The molecule has 7 nitrogen and oxygen atoms in total. The van der Waals surface area contributed by atoms with Crippen molar-refractivity contribution in [2.45, 2.75) is 37.6 Å². The molecule has 2 heterocycles. The van der Waals surface area contributed by atoms with E-state index in [1.807, 2.05) is 19.1 Å². The third-order valence-electron chi connectivity index (χ3n) is 6.22. The topological polar surface area (TPSA) is 73.0 Å².